The van der Waals surface area contributed by atoms with E-state index in [1.54, 1.807) is 21.3 Å². The maximum Gasteiger partial charge on any atom is 0.191 e. The summed E-state index contributed by atoms with van der Waals surface area (Å²) in [7, 11) is 5.00. The van der Waals surface area contributed by atoms with E-state index >= 15 is 0 Å². The number of hydrogen-bond acceptors (Lipinski definition) is 4. The lowest BCUT2D eigenvalue weighted by Gasteiger charge is -2.13. The Bertz CT molecular complexity index is 701. The predicted molar refractivity (Wildman–Crippen MR) is 95.6 cm³/mol. The molecule has 2 aromatic rings. The van der Waals surface area contributed by atoms with Crippen molar-refractivity contribution in [2.24, 2.45) is 4.99 Å². The van der Waals surface area contributed by atoms with Crippen LogP contribution in [0.15, 0.2) is 41.4 Å². The monoisotopic (exact) mass is 328 g/mol. The van der Waals surface area contributed by atoms with Crippen molar-refractivity contribution in [2.45, 2.75) is 20.0 Å². The van der Waals surface area contributed by atoms with E-state index in [-0.39, 0.29) is 0 Å². The topological polar surface area (TPSA) is 67.8 Å². The number of hydrogen-bond donors (Lipinski definition) is 2. The van der Waals surface area contributed by atoms with Crippen molar-refractivity contribution < 1.29 is 9.47 Å². The predicted octanol–water partition coefficient (Wildman–Crippen LogP) is 2.27. The summed E-state index contributed by atoms with van der Waals surface area (Å²) < 4.78 is 10.6. The van der Waals surface area contributed by atoms with E-state index in [1.807, 2.05) is 43.3 Å². The minimum absolute atomic E-state index is 0.618. The second kappa shape index (κ2) is 8.76. The van der Waals surface area contributed by atoms with Gasteiger partial charge in [-0.1, -0.05) is 12.1 Å². The Hall–Kier alpha value is -2.76. The van der Waals surface area contributed by atoms with Crippen molar-refractivity contribution in [3.8, 4) is 11.5 Å². The molecule has 0 bridgehead atoms. The van der Waals surface area contributed by atoms with Crippen LogP contribution < -0.4 is 20.1 Å². The van der Waals surface area contributed by atoms with E-state index in [0.29, 0.717) is 30.5 Å². The van der Waals surface area contributed by atoms with Gasteiger partial charge in [-0.15, -0.1) is 0 Å². The molecule has 0 aliphatic carbocycles. The summed E-state index contributed by atoms with van der Waals surface area (Å²) in [6.45, 7) is 3.22. The molecule has 1 aromatic heterocycles. The van der Waals surface area contributed by atoms with Gasteiger partial charge >= 0.3 is 0 Å². The van der Waals surface area contributed by atoms with Crippen molar-refractivity contribution in [3.63, 3.8) is 0 Å². The fourth-order valence-corrected chi connectivity index (χ4v) is 2.27. The maximum absolute atomic E-state index is 5.32. The lowest BCUT2D eigenvalue weighted by atomic mass is 10.2. The van der Waals surface area contributed by atoms with Gasteiger partial charge in [0.2, 0.25) is 0 Å². The number of methoxy groups -OCH3 is 2. The first-order chi connectivity index (χ1) is 11.7. The van der Waals surface area contributed by atoms with Crippen molar-refractivity contribution >= 4 is 5.96 Å². The Morgan fingerprint density at radius 3 is 2.46 bits per heavy atom. The zero-order chi connectivity index (χ0) is 17.4. The Kier molecular flexibility index (Phi) is 6.42. The second-order valence-corrected chi connectivity index (χ2v) is 5.24. The normalized spacial score (nSPS) is 11.1. The number of aryl methyl sites for hydroxylation is 1. The first-order valence-electron chi connectivity index (χ1n) is 7.74. The van der Waals surface area contributed by atoms with Gasteiger partial charge in [-0.25, -0.2) is 0 Å². The smallest absolute Gasteiger partial charge is 0.191 e. The molecule has 0 spiro atoms. The molecule has 0 unspecified atom stereocenters. The highest BCUT2D eigenvalue weighted by Crippen LogP contribution is 2.27. The molecule has 24 heavy (non-hydrogen) atoms. The summed E-state index contributed by atoms with van der Waals surface area (Å²) in [4.78, 5) is 8.69. The minimum atomic E-state index is 0.618. The molecule has 0 radical (unpaired) electrons. The third kappa shape index (κ3) is 4.87. The van der Waals surface area contributed by atoms with E-state index < -0.39 is 0 Å². The molecule has 0 saturated heterocycles. The van der Waals surface area contributed by atoms with E-state index in [2.05, 4.69) is 20.6 Å². The molecule has 0 atom stereocenters. The van der Waals surface area contributed by atoms with Gasteiger partial charge in [-0.2, -0.15) is 0 Å². The third-order valence-electron chi connectivity index (χ3n) is 3.51. The number of aliphatic imine (C=N–C) groups is 1. The number of pyridine rings is 1. The molecule has 0 fully saturated rings. The van der Waals surface area contributed by atoms with Gasteiger partial charge in [0.25, 0.3) is 0 Å². The Morgan fingerprint density at radius 2 is 1.79 bits per heavy atom. The molecular formula is C18H24N4O2. The maximum atomic E-state index is 5.32. The van der Waals surface area contributed by atoms with Crippen LogP contribution in [-0.2, 0) is 13.1 Å². The van der Waals surface area contributed by atoms with Crippen LogP contribution in [-0.4, -0.2) is 32.2 Å². The molecule has 0 saturated carbocycles. The van der Waals surface area contributed by atoms with Crippen LogP contribution in [0.4, 0.5) is 0 Å². The van der Waals surface area contributed by atoms with Crippen LogP contribution in [0.2, 0.25) is 0 Å². The first-order valence-corrected chi connectivity index (χ1v) is 7.74. The number of aromatic nitrogens is 1. The summed E-state index contributed by atoms with van der Waals surface area (Å²) in [6, 6.07) is 11.8. The van der Waals surface area contributed by atoms with Crippen LogP contribution in [0.5, 0.6) is 11.5 Å². The minimum Gasteiger partial charge on any atom is -0.493 e. The van der Waals surface area contributed by atoms with Gasteiger partial charge < -0.3 is 20.1 Å². The van der Waals surface area contributed by atoms with Crippen molar-refractivity contribution in [1.82, 2.24) is 15.6 Å². The molecule has 128 valence electrons. The third-order valence-corrected chi connectivity index (χ3v) is 3.51. The largest absolute Gasteiger partial charge is 0.493 e. The number of ether oxygens (including phenoxy) is 2. The zero-order valence-electron chi connectivity index (χ0n) is 14.6. The average molecular weight is 328 g/mol. The standard InChI is InChI=1S/C18H24N4O2/c1-13-6-5-7-15(22-13)12-21-18(19-2)20-11-14-8-9-16(23-3)17(10-14)24-4/h5-10H,11-12H2,1-4H3,(H2,19,20,21). The summed E-state index contributed by atoms with van der Waals surface area (Å²) >= 11 is 0. The fourth-order valence-electron chi connectivity index (χ4n) is 2.27. The van der Waals surface area contributed by atoms with Gasteiger partial charge in [-0.05, 0) is 36.8 Å². The van der Waals surface area contributed by atoms with E-state index in [0.717, 1.165) is 17.0 Å². The van der Waals surface area contributed by atoms with Gasteiger partial charge in [0.1, 0.15) is 0 Å². The highest BCUT2D eigenvalue weighted by Gasteiger charge is 2.05. The molecule has 0 aliphatic rings. The van der Waals surface area contributed by atoms with Crippen molar-refractivity contribution in [2.75, 3.05) is 21.3 Å². The first kappa shape index (κ1) is 17.6. The second-order valence-electron chi connectivity index (χ2n) is 5.24. The fraction of sp³-hybridized carbons (Fsp3) is 0.333. The molecule has 6 heteroatoms. The van der Waals surface area contributed by atoms with Gasteiger partial charge in [0, 0.05) is 19.3 Å². The quantitative estimate of drug-likeness (QED) is 0.629. The molecule has 1 aromatic carbocycles. The SMILES string of the molecule is CN=C(NCc1ccc(OC)c(OC)c1)NCc1cccc(C)n1. The summed E-state index contributed by atoms with van der Waals surface area (Å²) in [5.74, 6) is 2.14. The van der Waals surface area contributed by atoms with Crippen LogP contribution in [0.25, 0.3) is 0 Å². The molecular weight excluding hydrogens is 304 g/mol. The van der Waals surface area contributed by atoms with Crippen LogP contribution >= 0.6 is 0 Å². The molecule has 2 N–H and O–H groups in total. The number of benzene rings is 1. The van der Waals surface area contributed by atoms with Crippen LogP contribution in [0.1, 0.15) is 17.0 Å². The van der Waals surface area contributed by atoms with Gasteiger partial charge in [-0.3, -0.25) is 9.98 Å². The van der Waals surface area contributed by atoms with Crippen LogP contribution in [0.3, 0.4) is 0 Å². The van der Waals surface area contributed by atoms with Crippen LogP contribution in [0, 0.1) is 6.92 Å². The van der Waals surface area contributed by atoms with Gasteiger partial charge in [0.15, 0.2) is 17.5 Å². The highest BCUT2D eigenvalue weighted by atomic mass is 16.5. The average Bonchev–Trinajstić information content (AvgIpc) is 2.61. The number of rotatable bonds is 6. The lowest BCUT2D eigenvalue weighted by molar-refractivity contribution is 0.354. The lowest BCUT2D eigenvalue weighted by Crippen LogP contribution is -2.36. The molecule has 2 rings (SSSR count). The summed E-state index contributed by atoms with van der Waals surface area (Å²) in [5, 5.41) is 6.53. The zero-order valence-corrected chi connectivity index (χ0v) is 14.6. The van der Waals surface area contributed by atoms with Crippen molar-refractivity contribution in [3.05, 3.63) is 53.3 Å². The van der Waals surface area contributed by atoms with E-state index in [1.165, 1.54) is 0 Å². The molecule has 6 nitrogen and oxygen atoms in total. The summed E-state index contributed by atoms with van der Waals surface area (Å²) in [5.41, 5.74) is 3.05. The van der Waals surface area contributed by atoms with E-state index in [4.69, 9.17) is 9.47 Å². The Morgan fingerprint density at radius 1 is 1.04 bits per heavy atom. The van der Waals surface area contributed by atoms with Gasteiger partial charge in [0.05, 0.1) is 26.5 Å². The number of guanidine groups is 1. The van der Waals surface area contributed by atoms with E-state index in [9.17, 15) is 0 Å². The highest BCUT2D eigenvalue weighted by molar-refractivity contribution is 5.79. The molecule has 0 amide bonds. The Balaban J connectivity index is 1.92. The van der Waals surface area contributed by atoms with Crippen molar-refractivity contribution in [1.29, 1.82) is 0 Å². The molecule has 0 aliphatic heterocycles. The summed E-state index contributed by atoms with van der Waals surface area (Å²) in [6.07, 6.45) is 0. The Labute approximate surface area is 142 Å². The molecule has 1 heterocycles. The number of nitrogens with zero attached hydrogens (tertiary/aromatic N) is 2. The number of nitrogens with one attached hydrogen (secondary N) is 2.